The maximum absolute atomic E-state index is 11.0. The van der Waals surface area contributed by atoms with Gasteiger partial charge in [-0.3, -0.25) is 9.59 Å². The zero-order valence-corrected chi connectivity index (χ0v) is 9.51. The first-order valence-electron chi connectivity index (χ1n) is 4.79. The molecular formula is C9H16ClNO4. The van der Waals surface area contributed by atoms with Gasteiger partial charge in [-0.05, 0) is 18.7 Å². The molecule has 0 aromatic rings. The van der Waals surface area contributed by atoms with E-state index in [4.69, 9.17) is 21.3 Å². The molecule has 0 amide bonds. The van der Waals surface area contributed by atoms with Gasteiger partial charge in [0.05, 0.1) is 19.6 Å². The van der Waals surface area contributed by atoms with Gasteiger partial charge in [-0.2, -0.15) is 0 Å². The molecule has 0 aliphatic rings. The summed E-state index contributed by atoms with van der Waals surface area (Å²) in [6.45, 7) is 3.14. The van der Waals surface area contributed by atoms with Crippen molar-refractivity contribution in [1.82, 2.24) is 4.84 Å². The van der Waals surface area contributed by atoms with Gasteiger partial charge in [0.15, 0.2) is 0 Å². The van der Waals surface area contributed by atoms with E-state index in [-0.39, 0.29) is 31.8 Å². The lowest BCUT2D eigenvalue weighted by molar-refractivity contribution is -0.146. The molecule has 0 unspecified atom stereocenters. The van der Waals surface area contributed by atoms with Crippen LogP contribution in [0.4, 0.5) is 0 Å². The summed E-state index contributed by atoms with van der Waals surface area (Å²) in [7, 11) is 0. The van der Waals surface area contributed by atoms with Crippen LogP contribution in [-0.4, -0.2) is 38.1 Å². The molecular weight excluding hydrogens is 222 g/mol. The Hall–Kier alpha value is -0.650. The summed E-state index contributed by atoms with van der Waals surface area (Å²) >= 11 is 5.13. The van der Waals surface area contributed by atoms with Crippen molar-refractivity contribution in [3.05, 3.63) is 0 Å². The predicted octanol–water partition coefficient (Wildman–Crippen LogP) is 0.659. The Kier molecular flexibility index (Phi) is 9.46. The molecule has 0 aromatic heterocycles. The van der Waals surface area contributed by atoms with Gasteiger partial charge in [0.2, 0.25) is 0 Å². The normalized spacial score (nSPS) is 10.0. The molecule has 0 aliphatic heterocycles. The number of carbonyl (C=O) groups is 2. The Morgan fingerprint density at radius 2 is 2.00 bits per heavy atom. The van der Waals surface area contributed by atoms with Crippen molar-refractivity contribution in [3.63, 3.8) is 0 Å². The Bertz CT molecular complexity index is 199. The summed E-state index contributed by atoms with van der Waals surface area (Å²) in [5.41, 5.74) is 0. The molecule has 0 spiro atoms. The lowest BCUT2D eigenvalue weighted by Gasteiger charge is -2.04. The summed E-state index contributed by atoms with van der Waals surface area (Å²) in [6, 6.07) is 0. The van der Waals surface area contributed by atoms with Crippen LogP contribution in [0.2, 0.25) is 0 Å². The van der Waals surface area contributed by atoms with E-state index in [1.807, 2.05) is 6.92 Å². The van der Waals surface area contributed by atoms with Crippen LogP contribution in [0.25, 0.3) is 0 Å². The smallest absolute Gasteiger partial charge is 0.306 e. The fraction of sp³-hybridized carbons (Fsp3) is 0.778. The number of rotatable bonds is 9. The lowest BCUT2D eigenvalue weighted by atomic mass is 10.2. The first kappa shape index (κ1) is 14.3. The highest BCUT2D eigenvalue weighted by atomic mass is 35.5. The molecule has 0 saturated carbocycles. The van der Waals surface area contributed by atoms with Crippen molar-refractivity contribution in [2.45, 2.75) is 19.8 Å². The van der Waals surface area contributed by atoms with E-state index in [2.05, 4.69) is 4.84 Å². The molecule has 0 fully saturated rings. The van der Waals surface area contributed by atoms with Crippen molar-refractivity contribution in [2.24, 2.45) is 0 Å². The average molecular weight is 238 g/mol. The van der Waals surface area contributed by atoms with Crippen molar-refractivity contribution >= 4 is 23.5 Å². The van der Waals surface area contributed by atoms with E-state index in [1.165, 1.54) is 0 Å². The minimum absolute atomic E-state index is 0.0633. The van der Waals surface area contributed by atoms with Gasteiger partial charge in [0.1, 0.15) is 12.4 Å². The second-order valence-corrected chi connectivity index (χ2v) is 3.03. The van der Waals surface area contributed by atoms with Gasteiger partial charge in [-0.15, -0.1) is 0 Å². The summed E-state index contributed by atoms with van der Waals surface area (Å²) in [4.78, 5) is 24.2. The summed E-state index contributed by atoms with van der Waals surface area (Å²) < 4.78 is 9.78. The highest BCUT2D eigenvalue weighted by Crippen LogP contribution is 1.94. The third-order valence-corrected chi connectivity index (χ3v) is 1.70. The topological polar surface area (TPSA) is 64.6 Å². The Morgan fingerprint density at radius 1 is 1.27 bits per heavy atom. The van der Waals surface area contributed by atoms with Crippen LogP contribution in [0.3, 0.4) is 0 Å². The molecule has 15 heavy (non-hydrogen) atoms. The molecule has 0 saturated heterocycles. The van der Waals surface area contributed by atoms with Crippen LogP contribution < -0.4 is 4.84 Å². The fourth-order valence-electron chi connectivity index (χ4n) is 0.835. The van der Waals surface area contributed by atoms with Gasteiger partial charge in [0.25, 0.3) is 0 Å². The SMILES string of the molecule is CCOCCOC(=O)CCC(=O)CNCl. The standard InChI is InChI=1S/C9H16ClNO4/c1-2-14-5-6-15-9(13)4-3-8(12)7-11-10/h11H,2-7H2,1H3. The molecule has 0 radical (unpaired) electrons. The van der Waals surface area contributed by atoms with E-state index >= 15 is 0 Å². The van der Waals surface area contributed by atoms with Crippen LogP contribution >= 0.6 is 11.8 Å². The van der Waals surface area contributed by atoms with Crippen LogP contribution in [0.15, 0.2) is 0 Å². The first-order chi connectivity index (χ1) is 7.20. The second kappa shape index (κ2) is 9.89. The van der Waals surface area contributed by atoms with Crippen molar-refractivity contribution in [1.29, 1.82) is 0 Å². The monoisotopic (exact) mass is 237 g/mol. The van der Waals surface area contributed by atoms with Crippen LogP contribution in [0.5, 0.6) is 0 Å². The van der Waals surface area contributed by atoms with Gasteiger partial charge < -0.3 is 9.47 Å². The molecule has 0 aromatic carbocycles. The van der Waals surface area contributed by atoms with Crippen molar-refractivity contribution < 1.29 is 19.1 Å². The first-order valence-corrected chi connectivity index (χ1v) is 5.17. The average Bonchev–Trinajstić information content (AvgIpc) is 2.22. The number of hydrogen-bond acceptors (Lipinski definition) is 5. The quantitative estimate of drug-likeness (QED) is 0.363. The van der Waals surface area contributed by atoms with Crippen LogP contribution in [0, 0.1) is 0 Å². The molecule has 5 nitrogen and oxygen atoms in total. The fourth-order valence-corrected chi connectivity index (χ4v) is 0.984. The Labute approximate surface area is 94.2 Å². The van der Waals surface area contributed by atoms with E-state index in [0.717, 1.165) is 0 Å². The Balaban J connectivity index is 3.36. The van der Waals surface area contributed by atoms with E-state index < -0.39 is 5.97 Å². The van der Waals surface area contributed by atoms with Crippen LogP contribution in [-0.2, 0) is 19.1 Å². The highest BCUT2D eigenvalue weighted by Gasteiger charge is 2.07. The van der Waals surface area contributed by atoms with Gasteiger partial charge in [-0.1, -0.05) is 0 Å². The van der Waals surface area contributed by atoms with Gasteiger partial charge in [0, 0.05) is 13.0 Å². The number of carbonyl (C=O) groups excluding carboxylic acids is 2. The van der Waals surface area contributed by atoms with Gasteiger partial charge >= 0.3 is 5.97 Å². The number of halogens is 1. The number of ether oxygens (including phenoxy) is 2. The van der Waals surface area contributed by atoms with E-state index in [0.29, 0.717) is 13.2 Å². The Morgan fingerprint density at radius 3 is 2.60 bits per heavy atom. The molecule has 0 atom stereocenters. The van der Waals surface area contributed by atoms with Gasteiger partial charge in [-0.25, -0.2) is 4.84 Å². The zero-order valence-electron chi connectivity index (χ0n) is 8.75. The van der Waals surface area contributed by atoms with E-state index in [9.17, 15) is 9.59 Å². The molecule has 0 bridgehead atoms. The summed E-state index contributed by atoms with van der Waals surface area (Å²) in [5.74, 6) is -0.510. The third-order valence-electron chi connectivity index (χ3n) is 1.57. The third kappa shape index (κ3) is 9.65. The van der Waals surface area contributed by atoms with Crippen LogP contribution in [0.1, 0.15) is 19.8 Å². The molecule has 6 heteroatoms. The molecule has 1 N–H and O–H groups in total. The number of nitrogens with one attached hydrogen (secondary N) is 1. The van der Waals surface area contributed by atoms with E-state index in [1.54, 1.807) is 0 Å². The molecule has 0 rings (SSSR count). The van der Waals surface area contributed by atoms with Crippen molar-refractivity contribution in [2.75, 3.05) is 26.4 Å². The number of hydrogen-bond donors (Lipinski definition) is 1. The minimum Gasteiger partial charge on any atom is -0.463 e. The number of Topliss-reactive ketones (excluding diaryl/α,β-unsaturated/α-hetero) is 1. The highest BCUT2D eigenvalue weighted by molar-refractivity contribution is 6.14. The predicted molar refractivity (Wildman–Crippen MR) is 55.5 cm³/mol. The summed E-state index contributed by atoms with van der Waals surface area (Å²) in [5, 5.41) is 0. The van der Waals surface area contributed by atoms with Crippen molar-refractivity contribution in [3.8, 4) is 0 Å². The number of ketones is 1. The molecule has 0 aliphatic carbocycles. The molecule has 88 valence electrons. The maximum Gasteiger partial charge on any atom is 0.306 e. The maximum atomic E-state index is 11.0. The molecule has 0 heterocycles. The second-order valence-electron chi connectivity index (χ2n) is 2.77. The summed E-state index contributed by atoms with van der Waals surface area (Å²) in [6.07, 6.45) is 0.233. The largest absolute Gasteiger partial charge is 0.463 e. The minimum atomic E-state index is -0.391. The number of esters is 1. The zero-order chi connectivity index (χ0) is 11.5. The lowest BCUT2D eigenvalue weighted by Crippen LogP contribution is -2.17.